The van der Waals surface area contributed by atoms with E-state index in [9.17, 15) is 4.79 Å². The van der Waals surface area contributed by atoms with Gasteiger partial charge in [-0.2, -0.15) is 5.10 Å². The molecule has 7 nitrogen and oxygen atoms in total. The smallest absolute Gasteiger partial charge is 0.254 e. The van der Waals surface area contributed by atoms with Gasteiger partial charge in [0, 0.05) is 12.7 Å². The summed E-state index contributed by atoms with van der Waals surface area (Å²) in [6.07, 6.45) is 13.1. The quantitative estimate of drug-likeness (QED) is 0.852. The molecule has 1 amide bonds. The lowest BCUT2D eigenvalue weighted by molar-refractivity contribution is -0.00254. The first-order valence-electron chi connectivity index (χ1n) is 10.4. The van der Waals surface area contributed by atoms with Gasteiger partial charge in [0.25, 0.3) is 5.91 Å². The first-order valence-corrected chi connectivity index (χ1v) is 10.4. The maximum atomic E-state index is 12.9. The summed E-state index contributed by atoms with van der Waals surface area (Å²) < 4.78 is 1.59. The number of aromatic nitrogens is 4. The van der Waals surface area contributed by atoms with Crippen LogP contribution >= 0.6 is 0 Å². The van der Waals surface area contributed by atoms with Gasteiger partial charge in [-0.25, -0.2) is 14.6 Å². The van der Waals surface area contributed by atoms with Gasteiger partial charge in [0.15, 0.2) is 5.82 Å². The van der Waals surface area contributed by atoms with Crippen LogP contribution in [0.3, 0.4) is 0 Å². The second-order valence-electron chi connectivity index (χ2n) is 9.81. The van der Waals surface area contributed by atoms with Crippen LogP contribution < -0.4 is 11.1 Å². The van der Waals surface area contributed by atoms with Crippen LogP contribution in [0.4, 0.5) is 5.82 Å². The minimum atomic E-state index is -0.0345. The van der Waals surface area contributed by atoms with Gasteiger partial charge in [0.1, 0.15) is 5.82 Å². The molecule has 0 saturated heterocycles. The Morgan fingerprint density at radius 3 is 2.96 bits per heavy atom. The van der Waals surface area contributed by atoms with E-state index in [0.717, 1.165) is 24.3 Å². The van der Waals surface area contributed by atoms with Gasteiger partial charge < -0.3 is 11.1 Å². The van der Waals surface area contributed by atoms with Crippen molar-refractivity contribution in [2.75, 3.05) is 12.3 Å². The van der Waals surface area contributed by atoms with Crippen molar-refractivity contribution in [3.8, 4) is 5.82 Å². The zero-order valence-corrected chi connectivity index (χ0v) is 16.2. The van der Waals surface area contributed by atoms with E-state index < -0.39 is 0 Å². The fourth-order valence-electron chi connectivity index (χ4n) is 7.36. The first-order chi connectivity index (χ1) is 13.5. The summed E-state index contributed by atoms with van der Waals surface area (Å²) in [5, 5.41) is 7.69. The predicted molar refractivity (Wildman–Crippen MR) is 104 cm³/mol. The SMILES string of the molecule is Cc1nn(-c2cnc(N)cn2)cc1C(=O)NCC12CC3CC4CC(C1)C4(C3)C2. The second kappa shape index (κ2) is 5.33. The minimum Gasteiger partial charge on any atom is -0.382 e. The molecule has 6 rings (SSSR count). The minimum absolute atomic E-state index is 0.0345. The number of carbonyl (C=O) groups is 1. The van der Waals surface area contributed by atoms with Crippen LogP contribution in [-0.2, 0) is 0 Å². The molecule has 0 aliphatic heterocycles. The topological polar surface area (TPSA) is 98.7 Å². The van der Waals surface area contributed by atoms with Crippen LogP contribution in [-0.4, -0.2) is 32.2 Å². The predicted octanol–water partition coefficient (Wildman–Crippen LogP) is 2.50. The van der Waals surface area contributed by atoms with E-state index in [2.05, 4.69) is 20.4 Å². The molecule has 2 aromatic rings. The number of nitrogens with one attached hydrogen (secondary N) is 1. The van der Waals surface area contributed by atoms with Crippen molar-refractivity contribution in [3.05, 3.63) is 29.8 Å². The molecule has 5 unspecified atom stereocenters. The molecule has 28 heavy (non-hydrogen) atoms. The van der Waals surface area contributed by atoms with Crippen molar-refractivity contribution in [1.82, 2.24) is 25.1 Å². The number of nitrogens with zero attached hydrogens (tertiary/aromatic N) is 4. The van der Waals surface area contributed by atoms with E-state index >= 15 is 0 Å². The molecular weight excluding hydrogens is 352 g/mol. The Morgan fingerprint density at radius 1 is 1.25 bits per heavy atom. The van der Waals surface area contributed by atoms with E-state index in [-0.39, 0.29) is 5.91 Å². The van der Waals surface area contributed by atoms with Crippen LogP contribution in [0.2, 0.25) is 0 Å². The number of amides is 1. The van der Waals surface area contributed by atoms with Crippen LogP contribution in [0, 0.1) is 35.5 Å². The Morgan fingerprint density at radius 2 is 2.14 bits per heavy atom. The van der Waals surface area contributed by atoms with Crippen LogP contribution in [0.25, 0.3) is 5.82 Å². The molecule has 4 aliphatic carbocycles. The van der Waals surface area contributed by atoms with E-state index in [4.69, 9.17) is 5.73 Å². The van der Waals surface area contributed by atoms with Crippen molar-refractivity contribution in [3.63, 3.8) is 0 Å². The Labute approximate surface area is 164 Å². The average molecular weight is 378 g/mol. The van der Waals surface area contributed by atoms with Crippen molar-refractivity contribution < 1.29 is 4.79 Å². The Balaban J connectivity index is 1.19. The number of hydrogen-bond acceptors (Lipinski definition) is 5. The molecule has 1 spiro atoms. The van der Waals surface area contributed by atoms with Crippen LogP contribution in [0.5, 0.6) is 0 Å². The van der Waals surface area contributed by atoms with E-state index in [0.29, 0.717) is 33.7 Å². The third kappa shape index (κ3) is 2.16. The van der Waals surface area contributed by atoms with Gasteiger partial charge in [-0.3, -0.25) is 4.79 Å². The summed E-state index contributed by atoms with van der Waals surface area (Å²) in [5.41, 5.74) is 7.88. The summed E-state index contributed by atoms with van der Waals surface area (Å²) in [7, 11) is 0. The molecule has 3 N–H and O–H groups in total. The van der Waals surface area contributed by atoms with E-state index in [1.807, 2.05) is 6.92 Å². The number of nitrogen functional groups attached to an aromatic ring is 1. The standard InChI is InChI=1S/C21H26N6O/c1-12-16(9-27(26-12)18-8-23-17(22)7-24-18)19(28)25-11-20-4-13-2-14-3-15(6-20)21(14,5-13)10-20/h7-9,13-15H,2-6,10-11H2,1H3,(H2,22,23)(H,25,28). The van der Waals surface area contributed by atoms with Gasteiger partial charge in [-0.05, 0) is 74.0 Å². The number of hydrogen-bond donors (Lipinski definition) is 2. The highest BCUT2D eigenvalue weighted by atomic mass is 16.1. The van der Waals surface area contributed by atoms with Crippen LogP contribution in [0.15, 0.2) is 18.6 Å². The first kappa shape index (κ1) is 16.5. The highest BCUT2D eigenvalue weighted by Crippen LogP contribution is 2.78. The van der Waals surface area contributed by atoms with Crippen molar-refractivity contribution in [2.45, 2.75) is 45.4 Å². The van der Waals surface area contributed by atoms with Crippen LogP contribution in [0.1, 0.15) is 54.6 Å². The third-order valence-electron chi connectivity index (χ3n) is 8.25. The number of aryl methyl sites for hydroxylation is 1. The Kier molecular flexibility index (Phi) is 3.14. The highest BCUT2D eigenvalue weighted by molar-refractivity contribution is 5.95. The number of fused-ring (bicyclic) bond motifs is 2. The lowest BCUT2D eigenvalue weighted by Gasteiger charge is -2.49. The zero-order chi connectivity index (χ0) is 19.1. The molecular formula is C21H26N6O. The second-order valence-corrected chi connectivity index (χ2v) is 9.81. The van der Waals surface area contributed by atoms with Crippen molar-refractivity contribution in [1.29, 1.82) is 0 Å². The van der Waals surface area contributed by atoms with Gasteiger partial charge in [0.05, 0.1) is 23.7 Å². The number of nitrogens with two attached hydrogens (primary N) is 1. The molecule has 0 aromatic carbocycles. The Hall–Kier alpha value is -2.44. The number of carbonyl (C=O) groups excluding carboxylic acids is 1. The monoisotopic (exact) mass is 378 g/mol. The molecule has 7 heteroatoms. The molecule has 4 saturated carbocycles. The summed E-state index contributed by atoms with van der Waals surface area (Å²) in [5.74, 6) is 3.69. The summed E-state index contributed by atoms with van der Waals surface area (Å²) in [6.45, 7) is 2.66. The fourth-order valence-corrected chi connectivity index (χ4v) is 7.36. The zero-order valence-electron chi connectivity index (χ0n) is 16.2. The van der Waals surface area contributed by atoms with E-state index in [1.165, 1.54) is 44.7 Å². The van der Waals surface area contributed by atoms with Crippen molar-refractivity contribution in [2.24, 2.45) is 28.6 Å². The molecule has 3 bridgehead atoms. The summed E-state index contributed by atoms with van der Waals surface area (Å²) >= 11 is 0. The van der Waals surface area contributed by atoms with Gasteiger partial charge in [-0.1, -0.05) is 0 Å². The molecule has 146 valence electrons. The lowest BCUT2D eigenvalue weighted by atomic mass is 9.55. The lowest BCUT2D eigenvalue weighted by Crippen LogP contribution is -2.43. The maximum Gasteiger partial charge on any atom is 0.254 e. The average Bonchev–Trinajstić information content (AvgIpc) is 3.21. The Bertz CT molecular complexity index is 964. The maximum absolute atomic E-state index is 12.9. The van der Waals surface area contributed by atoms with Gasteiger partial charge >= 0.3 is 0 Å². The van der Waals surface area contributed by atoms with Gasteiger partial charge in [0.2, 0.25) is 0 Å². The van der Waals surface area contributed by atoms with Gasteiger partial charge in [-0.15, -0.1) is 0 Å². The number of rotatable bonds is 4. The number of anilines is 1. The normalized spacial score (nSPS) is 37.0. The molecule has 2 heterocycles. The molecule has 2 aromatic heterocycles. The molecule has 0 radical (unpaired) electrons. The molecule has 4 fully saturated rings. The summed E-state index contributed by atoms with van der Waals surface area (Å²) in [4.78, 5) is 21.2. The third-order valence-corrected chi connectivity index (χ3v) is 8.25. The van der Waals surface area contributed by atoms with E-state index in [1.54, 1.807) is 17.1 Å². The largest absolute Gasteiger partial charge is 0.382 e. The fraction of sp³-hybridized carbons (Fsp3) is 0.619. The summed E-state index contributed by atoms with van der Waals surface area (Å²) in [6, 6.07) is 0. The highest BCUT2D eigenvalue weighted by Gasteiger charge is 2.70. The molecule has 5 atom stereocenters. The van der Waals surface area contributed by atoms with Crippen molar-refractivity contribution >= 4 is 11.7 Å². The molecule has 4 aliphatic rings.